The van der Waals surface area contributed by atoms with Crippen LogP contribution in [0.5, 0.6) is 11.5 Å². The minimum absolute atomic E-state index is 0.0347. The summed E-state index contributed by atoms with van der Waals surface area (Å²) in [6.07, 6.45) is 25.5. The first kappa shape index (κ1) is 93.8. The van der Waals surface area contributed by atoms with Crippen molar-refractivity contribution in [3.63, 3.8) is 0 Å². The van der Waals surface area contributed by atoms with E-state index in [4.69, 9.17) is 4.74 Å². The van der Waals surface area contributed by atoms with Crippen molar-refractivity contribution in [1.82, 2.24) is 110 Å². The fourth-order valence-electron chi connectivity index (χ4n) is 16.0. The number of nitrogens with zero attached hydrogens (tertiary/aromatic N) is 18. The SMILES string of the molecule is CN(C)Cc1ccc(NC(=O)c2n[nH]c3ccc(-c4cncc(CN5CCC(O)CC5)c4)cc23)cn1.CN(C)Cc1ccc(NC(=O)c2n[nH]c3ccc(-c4cncc(CN5CCC5)c4)cc23)cn1.CN(C)Cc1ccc(NC(=O)c2n[nH]c3ccc(-c4cncc(NC(=O)C5CC5)c4)cc23)cn1.CN(C)Cc1ccc(NC(=O)c2n[nH]c3ccc(-c4cncc(Oc5ccccc5)c4)cc23)cn1. The predicted octanol–water partition coefficient (Wildman–Crippen LogP) is 15.6. The number of anilines is 5. The number of amides is 5. The highest BCUT2D eigenvalue weighted by Crippen LogP contribution is 2.36. The highest BCUT2D eigenvalue weighted by Gasteiger charge is 2.30. The lowest BCUT2D eigenvalue weighted by atomic mass is 10.0. The van der Waals surface area contributed by atoms with Gasteiger partial charge in [0.25, 0.3) is 23.6 Å². The lowest BCUT2D eigenvalue weighted by molar-refractivity contribution is -0.117. The van der Waals surface area contributed by atoms with Crippen LogP contribution in [-0.4, -0.2) is 233 Å². The molecule has 14 heterocycles. The molecule has 0 radical (unpaired) electrons. The van der Waals surface area contributed by atoms with Crippen LogP contribution in [0.25, 0.3) is 88.1 Å². The highest BCUT2D eigenvalue weighted by atomic mass is 16.5. The van der Waals surface area contributed by atoms with Crippen LogP contribution < -0.4 is 31.3 Å². The summed E-state index contributed by atoms with van der Waals surface area (Å²) >= 11 is 0. The fraction of sp³-hybridized carbons (Fsp3) is 0.240. The maximum absolute atomic E-state index is 13.0. The maximum atomic E-state index is 13.0. The second-order valence-electron chi connectivity index (χ2n) is 35.6. The number of aliphatic hydroxyl groups excluding tert-OH is 1. The van der Waals surface area contributed by atoms with E-state index in [-0.39, 0.29) is 41.6 Å². The number of aromatic nitrogens is 16. The Kier molecular flexibility index (Phi) is 29.6. The number of nitrogens with one attached hydrogen (secondary N) is 9. The molecule has 10 N–H and O–H groups in total. The van der Waals surface area contributed by atoms with E-state index in [1.807, 2.05) is 265 Å². The first-order chi connectivity index (χ1) is 67.0. The van der Waals surface area contributed by atoms with Gasteiger partial charge in [0.2, 0.25) is 5.91 Å². The van der Waals surface area contributed by atoms with Gasteiger partial charge >= 0.3 is 0 Å². The van der Waals surface area contributed by atoms with Gasteiger partial charge in [-0.3, -0.25) is 94.0 Å². The fourth-order valence-corrected chi connectivity index (χ4v) is 16.0. The van der Waals surface area contributed by atoms with Crippen molar-refractivity contribution >= 4 is 102 Å². The number of aromatic amines is 4. The van der Waals surface area contributed by atoms with Gasteiger partial charge in [-0.05, 0) is 268 Å². The molecule has 138 heavy (non-hydrogen) atoms. The number of hydrogen-bond donors (Lipinski definition) is 10. The number of fused-ring (bicyclic) bond motifs is 4. The molecule has 0 spiro atoms. The lowest BCUT2D eigenvalue weighted by Crippen LogP contribution is -2.36. The third-order valence-corrected chi connectivity index (χ3v) is 23.2. The molecule has 2 saturated heterocycles. The second kappa shape index (κ2) is 43.6. The Bertz CT molecular complexity index is 7130. The van der Waals surface area contributed by atoms with Gasteiger partial charge in [-0.2, -0.15) is 20.4 Å². The number of benzene rings is 5. The maximum Gasteiger partial charge on any atom is 0.276 e. The monoisotopic (exact) mass is 1850 g/mol. The molecule has 0 atom stereocenters. The largest absolute Gasteiger partial charge is 0.456 e. The van der Waals surface area contributed by atoms with Crippen molar-refractivity contribution in [1.29, 1.82) is 0 Å². The number of likely N-dealkylation sites (tertiary alicyclic amines) is 2. The molecule has 12 aromatic heterocycles. The molecule has 5 amide bonds. The van der Waals surface area contributed by atoms with Crippen molar-refractivity contribution < 1.29 is 33.8 Å². The summed E-state index contributed by atoms with van der Waals surface area (Å²) in [4.78, 5) is 112. The van der Waals surface area contributed by atoms with Crippen molar-refractivity contribution in [2.24, 2.45) is 5.92 Å². The van der Waals surface area contributed by atoms with Gasteiger partial charge in [-0.25, -0.2) is 0 Å². The van der Waals surface area contributed by atoms with Crippen LogP contribution in [0.4, 0.5) is 28.4 Å². The average Bonchev–Trinajstić information content (AvgIpc) is 1.64. The number of carbonyl (C=O) groups excluding carboxylic acids is 5. The van der Waals surface area contributed by atoms with Gasteiger partial charge in [0.15, 0.2) is 22.8 Å². The highest BCUT2D eigenvalue weighted by molar-refractivity contribution is 6.15. The van der Waals surface area contributed by atoms with Crippen molar-refractivity contribution in [3.8, 4) is 56.0 Å². The van der Waals surface area contributed by atoms with E-state index in [9.17, 15) is 29.1 Å². The Morgan fingerprint density at radius 1 is 0.341 bits per heavy atom. The summed E-state index contributed by atoms with van der Waals surface area (Å²) in [6, 6.07) is 56.0. The molecule has 3 fully saturated rings. The van der Waals surface area contributed by atoms with Crippen LogP contribution in [0.15, 0.2) is 250 Å². The summed E-state index contributed by atoms with van der Waals surface area (Å²) in [5, 5.41) is 56.0. The van der Waals surface area contributed by atoms with Crippen LogP contribution in [0.1, 0.15) is 108 Å². The van der Waals surface area contributed by atoms with Crippen molar-refractivity contribution in [3.05, 3.63) is 307 Å². The minimum Gasteiger partial charge on any atom is -0.456 e. The van der Waals surface area contributed by atoms with E-state index in [0.717, 1.165) is 203 Å². The number of hydrogen-bond acceptors (Lipinski definition) is 25. The van der Waals surface area contributed by atoms with E-state index < -0.39 is 0 Å². The van der Waals surface area contributed by atoms with E-state index in [2.05, 4.69) is 129 Å². The zero-order valence-electron chi connectivity index (χ0n) is 77.9. The Morgan fingerprint density at radius 3 is 1.01 bits per heavy atom. The molecule has 3 aliphatic rings. The average molecular weight is 1850 g/mol. The van der Waals surface area contributed by atoms with Gasteiger partial charge < -0.3 is 56.0 Å². The van der Waals surface area contributed by atoms with Crippen molar-refractivity contribution in [2.45, 2.75) is 77.5 Å². The quantitative estimate of drug-likeness (QED) is 0.0218. The number of pyridine rings is 8. The Hall–Kier alpha value is -16.0. The molecule has 1 saturated carbocycles. The van der Waals surface area contributed by atoms with Crippen molar-refractivity contribution in [2.75, 3.05) is 109 Å². The van der Waals surface area contributed by atoms with E-state index in [0.29, 0.717) is 67.7 Å². The molecule has 2 aliphatic heterocycles. The predicted molar refractivity (Wildman–Crippen MR) is 534 cm³/mol. The lowest BCUT2D eigenvalue weighted by Gasteiger charge is -2.30. The van der Waals surface area contributed by atoms with Crippen LogP contribution in [0, 0.1) is 5.92 Å². The molecule has 0 unspecified atom stereocenters. The van der Waals surface area contributed by atoms with Crippen LogP contribution in [0.3, 0.4) is 0 Å². The zero-order chi connectivity index (χ0) is 95.7. The summed E-state index contributed by atoms with van der Waals surface area (Å²) < 4.78 is 5.92. The molecule has 34 nitrogen and oxygen atoms in total. The first-order valence-corrected chi connectivity index (χ1v) is 45.5. The second-order valence-corrected chi connectivity index (χ2v) is 35.6. The first-order valence-electron chi connectivity index (χ1n) is 45.5. The zero-order valence-corrected chi connectivity index (χ0v) is 77.9. The molecule has 17 aromatic rings. The van der Waals surface area contributed by atoms with E-state index in [1.165, 1.54) is 12.0 Å². The van der Waals surface area contributed by atoms with Gasteiger partial charge in [-0.15, -0.1) is 0 Å². The summed E-state index contributed by atoms with van der Waals surface area (Å²) in [6.45, 7) is 8.73. The topological polar surface area (TPSA) is 412 Å². The number of rotatable bonds is 28. The van der Waals surface area contributed by atoms with E-state index >= 15 is 0 Å². The standard InChI is InChI=1S/C27H31N7O2.C27H24N6O2.C25H25N7O2.C25H27N7O/c1-33(2)17-22-5-4-21(15-29-22)30-27(36)26-24-12-19(3-6-25(24)31-32-26)20-11-18(13-28-14-20)16-34-9-7-23(35)8-10-34;1-33(2)17-21-10-9-20(15-29-21)30-27(34)26-24-13-18(8-11-25(24)31-32-26)19-12-23(16-28-14-19)35-22-6-4-3-5-7-22;1-32(2)14-19-7-6-18(13-27-19)28-25(34)23-21-10-16(5-8-22(21)30-31-23)17-9-20(12-26-11-17)29-24(33)15-3-4-15;1-31(2)16-21-6-5-20(14-27-21)28-25(33)24-22-11-18(4-7-23(22)29-30-24)19-10-17(12-26-13-19)15-32-8-3-9-32/h3-6,11-15,23,35H,7-10,16-17H2,1-2H3,(H,30,36)(H,31,32);3-16H,17H2,1-2H3,(H,30,34)(H,31,32);5-13,15H,3-4,14H2,1-2H3,(H,28,34)(H,29,33)(H,30,31);4-7,10-14H,3,8-9,15-16H2,1-2H3,(H,28,33)(H,29,30). The molecule has 34 heteroatoms. The van der Waals surface area contributed by atoms with Gasteiger partial charge in [0.05, 0.1) is 117 Å². The molecule has 1 aliphatic carbocycles. The molecule has 0 bridgehead atoms. The minimum atomic E-state index is -0.325. The van der Waals surface area contributed by atoms with Crippen LogP contribution in [0.2, 0.25) is 0 Å². The third kappa shape index (κ3) is 24.6. The molecule has 700 valence electrons. The van der Waals surface area contributed by atoms with Crippen LogP contribution in [-0.2, 0) is 44.1 Å². The summed E-state index contributed by atoms with van der Waals surface area (Å²) in [5.74, 6) is 0.317. The number of aliphatic hydroxyl groups is 1. The number of ether oxygens (including phenoxy) is 1. The molecule has 20 rings (SSSR count). The summed E-state index contributed by atoms with van der Waals surface area (Å²) in [5.41, 5.74) is 21.0. The molecular formula is C104H107N27O7. The molecule has 5 aromatic carbocycles. The number of piperidine rings is 1. The molecular weight excluding hydrogens is 1740 g/mol. The number of para-hydroxylation sites is 1. The van der Waals surface area contributed by atoms with E-state index in [1.54, 1.807) is 49.6 Å². The third-order valence-electron chi connectivity index (χ3n) is 23.2. The summed E-state index contributed by atoms with van der Waals surface area (Å²) in [7, 11) is 15.9. The number of carbonyl (C=O) groups is 5. The van der Waals surface area contributed by atoms with Crippen LogP contribution >= 0.6 is 0 Å². The van der Waals surface area contributed by atoms with Gasteiger partial charge in [-0.1, -0.05) is 42.5 Å². The van der Waals surface area contributed by atoms with Gasteiger partial charge in [0.1, 0.15) is 11.5 Å². The number of H-pyrrole nitrogens is 4. The Balaban J connectivity index is 0.000000127. The Labute approximate surface area is 796 Å². The van der Waals surface area contributed by atoms with Gasteiger partial charge in [0, 0.05) is 139 Å². The smallest absolute Gasteiger partial charge is 0.276 e. The normalized spacial score (nSPS) is 13.3. The Morgan fingerprint density at radius 2 is 0.681 bits per heavy atom.